The number of aryl methyl sites for hydroxylation is 2. The zero-order valence-electron chi connectivity index (χ0n) is 13.8. The standard InChI is InChI=1S/C18H19ClO5/c1-22-15-9-12(10-16(23-2)17(15)24-3)5-4-11-6-7-13(18(20)21)14(19)8-11/h6-10H,4-5H2,1-3H3,(H,20,21). The lowest BCUT2D eigenvalue weighted by molar-refractivity contribution is 0.0697. The summed E-state index contributed by atoms with van der Waals surface area (Å²) in [4.78, 5) is 11.0. The van der Waals surface area contributed by atoms with Gasteiger partial charge in [0.05, 0.1) is 31.9 Å². The number of benzene rings is 2. The van der Waals surface area contributed by atoms with Crippen molar-refractivity contribution in [2.75, 3.05) is 21.3 Å². The minimum absolute atomic E-state index is 0.105. The van der Waals surface area contributed by atoms with Crippen LogP contribution in [0.2, 0.25) is 5.02 Å². The summed E-state index contributed by atoms with van der Waals surface area (Å²) < 4.78 is 16.0. The predicted molar refractivity (Wildman–Crippen MR) is 91.9 cm³/mol. The molecule has 0 amide bonds. The van der Waals surface area contributed by atoms with E-state index in [0.29, 0.717) is 23.7 Å². The van der Waals surface area contributed by atoms with Crippen molar-refractivity contribution in [2.45, 2.75) is 12.8 Å². The van der Waals surface area contributed by atoms with Gasteiger partial charge in [-0.25, -0.2) is 4.79 Å². The monoisotopic (exact) mass is 350 g/mol. The minimum atomic E-state index is -1.03. The van der Waals surface area contributed by atoms with Crippen LogP contribution in [0.15, 0.2) is 30.3 Å². The molecule has 0 aliphatic carbocycles. The van der Waals surface area contributed by atoms with E-state index in [1.165, 1.54) is 6.07 Å². The van der Waals surface area contributed by atoms with E-state index in [2.05, 4.69) is 0 Å². The van der Waals surface area contributed by atoms with Crippen molar-refractivity contribution < 1.29 is 24.1 Å². The molecule has 2 aromatic rings. The zero-order chi connectivity index (χ0) is 17.7. The van der Waals surface area contributed by atoms with Crippen LogP contribution in [0.1, 0.15) is 21.5 Å². The number of ether oxygens (including phenoxy) is 3. The summed E-state index contributed by atoms with van der Waals surface area (Å²) in [5.41, 5.74) is 2.08. The minimum Gasteiger partial charge on any atom is -0.493 e. The first-order valence-corrected chi connectivity index (χ1v) is 7.68. The highest BCUT2D eigenvalue weighted by Gasteiger charge is 2.14. The molecule has 0 saturated carbocycles. The third-order valence-corrected chi connectivity index (χ3v) is 4.00. The normalized spacial score (nSPS) is 10.3. The lowest BCUT2D eigenvalue weighted by atomic mass is 10.0. The fourth-order valence-electron chi connectivity index (χ4n) is 2.46. The van der Waals surface area contributed by atoms with Gasteiger partial charge in [0.2, 0.25) is 5.75 Å². The highest BCUT2D eigenvalue weighted by molar-refractivity contribution is 6.33. The van der Waals surface area contributed by atoms with Crippen molar-refractivity contribution in [3.05, 3.63) is 52.0 Å². The maximum absolute atomic E-state index is 11.0. The second kappa shape index (κ2) is 7.93. The van der Waals surface area contributed by atoms with Crippen molar-refractivity contribution in [3.8, 4) is 17.2 Å². The Morgan fingerprint density at radius 1 is 0.958 bits per heavy atom. The van der Waals surface area contributed by atoms with Crippen LogP contribution in [-0.4, -0.2) is 32.4 Å². The third-order valence-electron chi connectivity index (χ3n) is 3.69. The first-order chi connectivity index (χ1) is 11.5. The van der Waals surface area contributed by atoms with Crippen molar-refractivity contribution in [2.24, 2.45) is 0 Å². The number of hydrogen-bond donors (Lipinski definition) is 1. The third kappa shape index (κ3) is 3.92. The lowest BCUT2D eigenvalue weighted by Gasteiger charge is -2.14. The van der Waals surface area contributed by atoms with Gasteiger partial charge in [0, 0.05) is 0 Å². The molecule has 0 heterocycles. The summed E-state index contributed by atoms with van der Waals surface area (Å²) in [6.07, 6.45) is 1.43. The Morgan fingerprint density at radius 2 is 1.54 bits per heavy atom. The van der Waals surface area contributed by atoms with E-state index in [0.717, 1.165) is 17.5 Å². The van der Waals surface area contributed by atoms with Gasteiger partial charge < -0.3 is 19.3 Å². The maximum Gasteiger partial charge on any atom is 0.337 e. The van der Waals surface area contributed by atoms with Crippen LogP contribution in [0.4, 0.5) is 0 Å². The SMILES string of the molecule is COc1cc(CCc2ccc(C(=O)O)c(Cl)c2)cc(OC)c1OC. The van der Waals surface area contributed by atoms with E-state index in [-0.39, 0.29) is 10.6 Å². The van der Waals surface area contributed by atoms with E-state index in [1.807, 2.05) is 12.1 Å². The van der Waals surface area contributed by atoms with Gasteiger partial charge in [0.1, 0.15) is 0 Å². The number of hydrogen-bond acceptors (Lipinski definition) is 4. The zero-order valence-corrected chi connectivity index (χ0v) is 14.5. The number of carboxylic acids is 1. The molecule has 0 spiro atoms. The fraction of sp³-hybridized carbons (Fsp3) is 0.278. The highest BCUT2D eigenvalue weighted by Crippen LogP contribution is 2.38. The molecule has 5 nitrogen and oxygen atoms in total. The largest absolute Gasteiger partial charge is 0.493 e. The first kappa shape index (κ1) is 17.9. The molecule has 0 aliphatic heterocycles. The molecular formula is C18H19ClO5. The number of methoxy groups -OCH3 is 3. The van der Waals surface area contributed by atoms with Crippen LogP contribution >= 0.6 is 11.6 Å². The van der Waals surface area contributed by atoms with E-state index in [4.69, 9.17) is 30.9 Å². The van der Waals surface area contributed by atoms with Gasteiger partial charge in [-0.1, -0.05) is 17.7 Å². The van der Waals surface area contributed by atoms with Gasteiger partial charge in [-0.2, -0.15) is 0 Å². The van der Waals surface area contributed by atoms with Crippen molar-refractivity contribution >= 4 is 17.6 Å². The highest BCUT2D eigenvalue weighted by atomic mass is 35.5. The molecule has 0 aliphatic rings. The average Bonchev–Trinajstić information content (AvgIpc) is 2.58. The quantitative estimate of drug-likeness (QED) is 0.821. The Labute approximate surface area is 145 Å². The molecule has 2 rings (SSSR count). The molecule has 0 saturated heterocycles. The molecule has 24 heavy (non-hydrogen) atoms. The molecule has 6 heteroatoms. The van der Waals surface area contributed by atoms with Crippen molar-refractivity contribution in [3.63, 3.8) is 0 Å². The van der Waals surface area contributed by atoms with Crippen LogP contribution < -0.4 is 14.2 Å². The van der Waals surface area contributed by atoms with Crippen LogP contribution in [0, 0.1) is 0 Å². The summed E-state index contributed by atoms with van der Waals surface area (Å²) >= 11 is 6.00. The first-order valence-electron chi connectivity index (χ1n) is 7.30. The Balaban J connectivity index is 2.20. The van der Waals surface area contributed by atoms with Gasteiger partial charge in [0.15, 0.2) is 11.5 Å². The van der Waals surface area contributed by atoms with E-state index in [1.54, 1.807) is 33.5 Å². The Hall–Kier alpha value is -2.40. The van der Waals surface area contributed by atoms with Gasteiger partial charge in [-0.05, 0) is 48.2 Å². The summed E-state index contributed by atoms with van der Waals surface area (Å²) in [5.74, 6) is 0.728. The maximum atomic E-state index is 11.0. The fourth-order valence-corrected chi connectivity index (χ4v) is 2.74. The number of carbonyl (C=O) groups is 1. The van der Waals surface area contributed by atoms with E-state index in [9.17, 15) is 4.79 Å². The number of carboxylic acid groups (broad SMARTS) is 1. The lowest BCUT2D eigenvalue weighted by Crippen LogP contribution is -2.00. The molecular weight excluding hydrogens is 332 g/mol. The molecule has 2 aromatic carbocycles. The second-order valence-electron chi connectivity index (χ2n) is 5.15. The van der Waals surface area contributed by atoms with Gasteiger partial charge in [0.25, 0.3) is 0 Å². The van der Waals surface area contributed by atoms with Crippen molar-refractivity contribution in [1.82, 2.24) is 0 Å². The summed E-state index contributed by atoms with van der Waals surface area (Å²) in [7, 11) is 4.71. The molecule has 0 atom stereocenters. The predicted octanol–water partition coefficient (Wildman–Crippen LogP) is 3.85. The van der Waals surface area contributed by atoms with Crippen LogP contribution in [-0.2, 0) is 12.8 Å². The molecule has 0 aromatic heterocycles. The van der Waals surface area contributed by atoms with Crippen molar-refractivity contribution in [1.29, 1.82) is 0 Å². The molecule has 128 valence electrons. The van der Waals surface area contributed by atoms with Crippen LogP contribution in [0.3, 0.4) is 0 Å². The second-order valence-corrected chi connectivity index (χ2v) is 5.56. The van der Waals surface area contributed by atoms with Gasteiger partial charge in [-0.3, -0.25) is 0 Å². The average molecular weight is 351 g/mol. The molecule has 0 fully saturated rings. The number of rotatable bonds is 7. The van der Waals surface area contributed by atoms with Gasteiger partial charge in [-0.15, -0.1) is 0 Å². The van der Waals surface area contributed by atoms with Crippen LogP contribution in [0.5, 0.6) is 17.2 Å². The van der Waals surface area contributed by atoms with E-state index < -0.39 is 5.97 Å². The topological polar surface area (TPSA) is 65.0 Å². The molecule has 0 radical (unpaired) electrons. The molecule has 0 bridgehead atoms. The Bertz CT molecular complexity index is 717. The summed E-state index contributed by atoms with van der Waals surface area (Å²) in [6, 6.07) is 8.77. The van der Waals surface area contributed by atoms with E-state index >= 15 is 0 Å². The summed E-state index contributed by atoms with van der Waals surface area (Å²) in [6.45, 7) is 0. The summed E-state index contributed by atoms with van der Waals surface area (Å²) in [5, 5.41) is 9.25. The number of halogens is 1. The molecule has 0 unspecified atom stereocenters. The Kier molecular flexibility index (Phi) is 5.93. The van der Waals surface area contributed by atoms with Gasteiger partial charge >= 0.3 is 5.97 Å². The smallest absolute Gasteiger partial charge is 0.337 e. The van der Waals surface area contributed by atoms with Crippen LogP contribution in [0.25, 0.3) is 0 Å². The number of aromatic carboxylic acids is 1. The Morgan fingerprint density at radius 3 is 2.00 bits per heavy atom. The molecule has 1 N–H and O–H groups in total.